The smallest absolute Gasteiger partial charge is 0.351 e. The van der Waals surface area contributed by atoms with Gasteiger partial charge in [-0.05, 0) is 29.3 Å². The van der Waals surface area contributed by atoms with Gasteiger partial charge in [-0.1, -0.05) is 24.3 Å². The Kier molecular flexibility index (Phi) is 3.76. The van der Waals surface area contributed by atoms with Crippen LogP contribution in [-0.4, -0.2) is 19.2 Å². The Morgan fingerprint density at radius 2 is 1.80 bits per heavy atom. The second kappa shape index (κ2) is 6.09. The maximum absolute atomic E-state index is 11.9. The second-order valence-electron chi connectivity index (χ2n) is 6.06. The number of fused-ring (bicyclic) bond motifs is 2. The molecule has 5 nitrogen and oxygen atoms in total. The number of hydrogen-bond acceptors (Lipinski definition) is 5. The molecule has 0 N–H and O–H groups in total. The molecule has 1 aliphatic rings. The molecule has 0 spiro atoms. The molecule has 2 aromatic carbocycles. The van der Waals surface area contributed by atoms with Crippen molar-refractivity contribution < 1.29 is 18.7 Å². The third-order valence-corrected chi connectivity index (χ3v) is 4.43. The van der Waals surface area contributed by atoms with Crippen LogP contribution in [0.1, 0.15) is 21.5 Å². The summed E-state index contributed by atoms with van der Waals surface area (Å²) in [5.74, 6) is -0.0704. The molecule has 3 aromatic rings. The Balaban J connectivity index is 1.60. The van der Waals surface area contributed by atoms with Crippen LogP contribution < -0.4 is 10.4 Å². The van der Waals surface area contributed by atoms with E-state index in [9.17, 15) is 9.59 Å². The van der Waals surface area contributed by atoms with Gasteiger partial charge in [0, 0.05) is 24.3 Å². The summed E-state index contributed by atoms with van der Waals surface area (Å²) in [5.41, 5.74) is 2.16. The predicted octanol–water partition coefficient (Wildman–Crippen LogP) is 3.13. The number of methoxy groups -OCH3 is 1. The molecule has 0 fully saturated rings. The van der Waals surface area contributed by atoms with Crippen LogP contribution in [0.15, 0.2) is 57.7 Å². The molecule has 1 aliphatic carbocycles. The Labute approximate surface area is 143 Å². The van der Waals surface area contributed by atoms with Crippen LogP contribution in [0.25, 0.3) is 11.0 Å². The molecule has 126 valence electrons. The highest BCUT2D eigenvalue weighted by Crippen LogP contribution is 2.27. The number of rotatable bonds is 3. The van der Waals surface area contributed by atoms with Crippen LogP contribution in [0.4, 0.5) is 0 Å². The number of carbonyl (C=O) groups is 1. The molecule has 0 radical (unpaired) electrons. The van der Waals surface area contributed by atoms with E-state index in [0.29, 0.717) is 16.7 Å². The average Bonchev–Trinajstić information content (AvgIpc) is 3.02. The van der Waals surface area contributed by atoms with Gasteiger partial charge in [0.15, 0.2) is 0 Å². The molecule has 0 atom stereocenters. The van der Waals surface area contributed by atoms with Crippen molar-refractivity contribution in [2.75, 3.05) is 7.11 Å². The van der Waals surface area contributed by atoms with Crippen molar-refractivity contribution in [3.63, 3.8) is 0 Å². The Morgan fingerprint density at radius 1 is 1.08 bits per heavy atom. The summed E-state index contributed by atoms with van der Waals surface area (Å²) in [7, 11) is 1.22. The first kappa shape index (κ1) is 15.4. The van der Waals surface area contributed by atoms with Gasteiger partial charge in [0.2, 0.25) is 0 Å². The number of carbonyl (C=O) groups excluding carboxylic acids is 1. The van der Waals surface area contributed by atoms with E-state index >= 15 is 0 Å². The minimum atomic E-state index is -0.718. The predicted molar refractivity (Wildman–Crippen MR) is 92.1 cm³/mol. The van der Waals surface area contributed by atoms with Crippen LogP contribution in [0.2, 0.25) is 0 Å². The maximum Gasteiger partial charge on any atom is 0.351 e. The molecule has 1 heterocycles. The molecule has 0 unspecified atom stereocenters. The van der Waals surface area contributed by atoms with Crippen LogP contribution in [0, 0.1) is 0 Å². The van der Waals surface area contributed by atoms with Crippen molar-refractivity contribution in [2.45, 2.75) is 18.9 Å². The van der Waals surface area contributed by atoms with E-state index in [0.717, 1.165) is 12.8 Å². The lowest BCUT2D eigenvalue weighted by Gasteiger charge is -2.13. The van der Waals surface area contributed by atoms with Gasteiger partial charge in [0.05, 0.1) is 7.11 Å². The third kappa shape index (κ3) is 2.89. The lowest BCUT2D eigenvalue weighted by Crippen LogP contribution is -2.16. The van der Waals surface area contributed by atoms with Crippen LogP contribution in [0.5, 0.6) is 5.75 Å². The lowest BCUT2D eigenvalue weighted by atomic mass is 10.1. The van der Waals surface area contributed by atoms with Crippen LogP contribution in [-0.2, 0) is 17.6 Å². The van der Waals surface area contributed by atoms with Crippen molar-refractivity contribution >= 4 is 16.9 Å². The second-order valence-corrected chi connectivity index (χ2v) is 6.06. The SMILES string of the molecule is COC(=O)c1cc2ccc(OC3Cc4ccccc4C3)cc2oc1=O. The summed E-state index contributed by atoms with van der Waals surface area (Å²) in [6.45, 7) is 0. The van der Waals surface area contributed by atoms with Crippen molar-refractivity contribution in [3.8, 4) is 5.75 Å². The summed E-state index contributed by atoms with van der Waals surface area (Å²) < 4.78 is 15.9. The first-order valence-corrected chi connectivity index (χ1v) is 8.04. The first-order chi connectivity index (χ1) is 12.1. The molecule has 0 aliphatic heterocycles. The highest BCUT2D eigenvalue weighted by atomic mass is 16.5. The number of hydrogen-bond donors (Lipinski definition) is 0. The highest BCUT2D eigenvalue weighted by molar-refractivity contribution is 5.92. The topological polar surface area (TPSA) is 65.7 Å². The van der Waals surface area contributed by atoms with E-state index in [1.54, 1.807) is 12.1 Å². The Morgan fingerprint density at radius 3 is 2.48 bits per heavy atom. The van der Waals surface area contributed by atoms with Gasteiger partial charge < -0.3 is 13.9 Å². The zero-order chi connectivity index (χ0) is 17.4. The van der Waals surface area contributed by atoms with E-state index in [1.807, 2.05) is 18.2 Å². The minimum absolute atomic E-state index is 0.0657. The number of esters is 1. The summed E-state index contributed by atoms with van der Waals surface area (Å²) in [6.07, 6.45) is 1.79. The zero-order valence-corrected chi connectivity index (χ0v) is 13.7. The van der Waals surface area contributed by atoms with Crippen LogP contribution in [0.3, 0.4) is 0 Å². The molecule has 1 aromatic heterocycles. The quantitative estimate of drug-likeness (QED) is 0.543. The standard InChI is InChI=1S/C20H16O5/c1-23-19(21)17-10-14-6-7-15(11-18(14)25-20(17)22)24-16-8-12-4-2-3-5-13(12)9-16/h2-7,10-11,16H,8-9H2,1H3. The third-order valence-electron chi connectivity index (χ3n) is 4.43. The molecule has 0 saturated heterocycles. The average molecular weight is 336 g/mol. The molecule has 4 rings (SSSR count). The lowest BCUT2D eigenvalue weighted by molar-refractivity contribution is 0.0596. The molecule has 0 amide bonds. The van der Waals surface area contributed by atoms with E-state index in [4.69, 9.17) is 9.15 Å². The largest absolute Gasteiger partial charge is 0.490 e. The molecule has 25 heavy (non-hydrogen) atoms. The monoisotopic (exact) mass is 336 g/mol. The summed E-state index contributed by atoms with van der Waals surface area (Å²) in [4.78, 5) is 23.5. The van der Waals surface area contributed by atoms with Gasteiger partial charge in [-0.2, -0.15) is 0 Å². The molecule has 0 saturated carbocycles. The van der Waals surface area contributed by atoms with Crippen molar-refractivity contribution in [2.24, 2.45) is 0 Å². The van der Waals surface area contributed by atoms with Gasteiger partial charge in [-0.15, -0.1) is 0 Å². The van der Waals surface area contributed by atoms with Gasteiger partial charge in [-0.25, -0.2) is 9.59 Å². The fourth-order valence-corrected chi connectivity index (χ4v) is 3.21. The summed E-state index contributed by atoms with van der Waals surface area (Å²) in [5, 5.41) is 0.641. The fraction of sp³-hybridized carbons (Fsp3) is 0.200. The maximum atomic E-state index is 11.9. The minimum Gasteiger partial charge on any atom is -0.490 e. The normalized spacial score (nSPS) is 13.6. The summed E-state index contributed by atoms with van der Waals surface area (Å²) >= 11 is 0. The summed E-state index contributed by atoms with van der Waals surface area (Å²) in [6, 6.07) is 15.0. The van der Waals surface area contributed by atoms with E-state index < -0.39 is 11.6 Å². The van der Waals surface area contributed by atoms with E-state index in [-0.39, 0.29) is 11.7 Å². The van der Waals surface area contributed by atoms with Crippen molar-refractivity contribution in [1.82, 2.24) is 0 Å². The molecule has 0 bridgehead atoms. The molecule has 5 heteroatoms. The van der Waals surface area contributed by atoms with E-state index in [2.05, 4.69) is 16.9 Å². The number of ether oxygens (including phenoxy) is 2. The first-order valence-electron chi connectivity index (χ1n) is 8.04. The van der Waals surface area contributed by atoms with E-state index in [1.165, 1.54) is 24.3 Å². The van der Waals surface area contributed by atoms with Gasteiger partial charge >= 0.3 is 11.6 Å². The Bertz CT molecular complexity index is 993. The van der Waals surface area contributed by atoms with Crippen LogP contribution >= 0.6 is 0 Å². The fourth-order valence-electron chi connectivity index (χ4n) is 3.21. The van der Waals surface area contributed by atoms with Crippen molar-refractivity contribution in [3.05, 3.63) is 75.6 Å². The van der Waals surface area contributed by atoms with Gasteiger partial charge in [0.1, 0.15) is 23.0 Å². The Hall–Kier alpha value is -3.08. The van der Waals surface area contributed by atoms with Gasteiger partial charge in [0.25, 0.3) is 0 Å². The van der Waals surface area contributed by atoms with Gasteiger partial charge in [-0.3, -0.25) is 0 Å². The van der Waals surface area contributed by atoms with Crippen molar-refractivity contribution in [1.29, 1.82) is 0 Å². The molecular formula is C20H16O5. The molecular weight excluding hydrogens is 320 g/mol. The highest BCUT2D eigenvalue weighted by Gasteiger charge is 2.22. The zero-order valence-electron chi connectivity index (χ0n) is 13.7. The number of benzene rings is 2.